The van der Waals surface area contributed by atoms with E-state index in [-0.39, 0.29) is 0 Å². The van der Waals surface area contributed by atoms with Gasteiger partial charge in [-0.1, -0.05) is 51.0 Å². The molecule has 1 nitrogen and oxygen atoms in total. The van der Waals surface area contributed by atoms with Crippen LogP contribution in [-0.4, -0.2) is 6.10 Å². The molecule has 0 heterocycles. The molecule has 0 aromatic rings. The van der Waals surface area contributed by atoms with Gasteiger partial charge in [0.2, 0.25) is 0 Å². The summed E-state index contributed by atoms with van der Waals surface area (Å²) in [5.41, 5.74) is 2.99. The topological polar surface area (TPSA) is 9.23 Å². The second-order valence-electron chi connectivity index (χ2n) is 5.34. The lowest BCUT2D eigenvalue weighted by Gasteiger charge is -2.30. The summed E-state index contributed by atoms with van der Waals surface area (Å²) in [5, 5.41) is 0. The first-order valence-electron chi connectivity index (χ1n) is 6.20. The Morgan fingerprint density at radius 1 is 1.38 bits per heavy atom. The zero-order valence-corrected chi connectivity index (χ0v) is 12.3. The molecular formula is C14H25OP. The summed E-state index contributed by atoms with van der Waals surface area (Å²) < 4.78 is 5.50. The summed E-state index contributed by atoms with van der Waals surface area (Å²) in [4.78, 5) is 0. The molecule has 0 aromatic carbocycles. The van der Waals surface area contributed by atoms with E-state index in [0.717, 1.165) is 6.42 Å². The van der Waals surface area contributed by atoms with Crippen molar-refractivity contribution < 1.29 is 4.52 Å². The molecule has 2 heteroatoms. The average Bonchev–Trinajstić information content (AvgIpc) is 2.23. The molecule has 0 amide bonds. The minimum Gasteiger partial charge on any atom is -0.362 e. The van der Waals surface area contributed by atoms with Crippen molar-refractivity contribution in [3.05, 3.63) is 23.3 Å². The van der Waals surface area contributed by atoms with Crippen molar-refractivity contribution in [2.24, 2.45) is 17.8 Å². The van der Waals surface area contributed by atoms with Crippen LogP contribution in [0.3, 0.4) is 0 Å². The van der Waals surface area contributed by atoms with Crippen molar-refractivity contribution in [3.63, 3.8) is 0 Å². The Morgan fingerprint density at radius 3 is 2.50 bits per heavy atom. The number of hydrogen-bond donors (Lipinski definition) is 0. The van der Waals surface area contributed by atoms with Gasteiger partial charge in [0.1, 0.15) is 0 Å². The Hall–Kier alpha value is -0.130. The SMILES string of the molecule is CC1=C(CC(OP)C(C)C)C(C)C(C)C=C1. The predicted molar refractivity (Wildman–Crippen MR) is 74.2 cm³/mol. The van der Waals surface area contributed by atoms with E-state index in [1.54, 1.807) is 5.57 Å². The Labute approximate surface area is 103 Å². The molecule has 16 heavy (non-hydrogen) atoms. The Balaban J connectivity index is 2.81. The summed E-state index contributed by atoms with van der Waals surface area (Å²) in [7, 11) is 2.42. The van der Waals surface area contributed by atoms with Crippen molar-refractivity contribution in [1.29, 1.82) is 0 Å². The van der Waals surface area contributed by atoms with Crippen LogP contribution in [0.5, 0.6) is 0 Å². The Morgan fingerprint density at radius 2 is 2.00 bits per heavy atom. The summed E-state index contributed by atoms with van der Waals surface area (Å²) in [6.45, 7) is 11.3. The normalized spacial score (nSPS) is 27.7. The van der Waals surface area contributed by atoms with E-state index in [2.05, 4.69) is 56.2 Å². The minimum atomic E-state index is 0.316. The van der Waals surface area contributed by atoms with Gasteiger partial charge >= 0.3 is 0 Å². The summed E-state index contributed by atoms with van der Waals surface area (Å²) in [5.74, 6) is 1.86. The highest BCUT2D eigenvalue weighted by Crippen LogP contribution is 2.34. The van der Waals surface area contributed by atoms with Crippen LogP contribution in [0, 0.1) is 17.8 Å². The van der Waals surface area contributed by atoms with E-state index in [9.17, 15) is 0 Å². The Bertz CT molecular complexity index is 291. The second kappa shape index (κ2) is 5.98. The second-order valence-corrected chi connectivity index (χ2v) is 5.61. The molecule has 0 fully saturated rings. The van der Waals surface area contributed by atoms with Crippen LogP contribution < -0.4 is 0 Å². The third kappa shape index (κ3) is 3.18. The molecule has 1 rings (SSSR count). The maximum Gasteiger partial charge on any atom is 0.0671 e. The largest absolute Gasteiger partial charge is 0.362 e. The first kappa shape index (κ1) is 13.9. The van der Waals surface area contributed by atoms with Crippen molar-refractivity contribution in [1.82, 2.24) is 0 Å². The van der Waals surface area contributed by atoms with Gasteiger partial charge < -0.3 is 4.52 Å². The smallest absolute Gasteiger partial charge is 0.0671 e. The summed E-state index contributed by atoms with van der Waals surface area (Å²) in [6, 6.07) is 0. The first-order chi connectivity index (χ1) is 7.47. The van der Waals surface area contributed by atoms with Crippen LogP contribution in [0.15, 0.2) is 23.3 Å². The van der Waals surface area contributed by atoms with Gasteiger partial charge in [-0.3, -0.25) is 0 Å². The van der Waals surface area contributed by atoms with Crippen LogP contribution in [-0.2, 0) is 4.52 Å². The Kier molecular flexibility index (Phi) is 5.21. The average molecular weight is 240 g/mol. The summed E-state index contributed by atoms with van der Waals surface area (Å²) >= 11 is 0. The van der Waals surface area contributed by atoms with Crippen LogP contribution in [0.25, 0.3) is 0 Å². The highest BCUT2D eigenvalue weighted by atomic mass is 31.0. The fourth-order valence-electron chi connectivity index (χ4n) is 2.25. The molecule has 0 saturated carbocycles. The van der Waals surface area contributed by atoms with Crippen molar-refractivity contribution in [2.75, 3.05) is 0 Å². The van der Waals surface area contributed by atoms with Crippen molar-refractivity contribution >= 4 is 9.47 Å². The lowest BCUT2D eigenvalue weighted by Crippen LogP contribution is -2.22. The highest BCUT2D eigenvalue weighted by molar-refractivity contribution is 7.09. The fourth-order valence-corrected chi connectivity index (χ4v) is 2.66. The predicted octanol–water partition coefficient (Wildman–Crippen LogP) is 4.37. The molecule has 0 spiro atoms. The van der Waals surface area contributed by atoms with Crippen molar-refractivity contribution in [2.45, 2.75) is 47.1 Å². The lowest BCUT2D eigenvalue weighted by molar-refractivity contribution is 0.176. The maximum absolute atomic E-state index is 5.50. The van der Waals surface area contributed by atoms with E-state index in [1.165, 1.54) is 5.57 Å². The number of hydrogen-bond acceptors (Lipinski definition) is 1. The van der Waals surface area contributed by atoms with Gasteiger partial charge in [0.05, 0.1) is 6.10 Å². The van der Waals surface area contributed by atoms with E-state index in [0.29, 0.717) is 23.9 Å². The standard InChI is InChI=1S/C14H25OP/c1-9(2)14(15-16)8-13-11(4)7-6-10(3)12(13)5/h6-7,9-10,12,14H,8,16H2,1-5H3. The molecule has 0 radical (unpaired) electrons. The molecule has 0 N–H and O–H groups in total. The van der Waals surface area contributed by atoms with Gasteiger partial charge in [0.15, 0.2) is 0 Å². The van der Waals surface area contributed by atoms with Crippen LogP contribution in [0.1, 0.15) is 41.0 Å². The highest BCUT2D eigenvalue weighted by Gasteiger charge is 2.24. The molecule has 4 atom stereocenters. The van der Waals surface area contributed by atoms with Crippen LogP contribution >= 0.6 is 9.47 Å². The molecule has 0 aliphatic heterocycles. The van der Waals surface area contributed by atoms with Crippen LogP contribution in [0.4, 0.5) is 0 Å². The van der Waals surface area contributed by atoms with Gasteiger partial charge in [-0.15, -0.1) is 0 Å². The summed E-state index contributed by atoms with van der Waals surface area (Å²) in [6.07, 6.45) is 5.95. The minimum absolute atomic E-state index is 0.316. The maximum atomic E-state index is 5.50. The van der Waals surface area contributed by atoms with E-state index >= 15 is 0 Å². The molecule has 4 unspecified atom stereocenters. The number of rotatable bonds is 4. The van der Waals surface area contributed by atoms with E-state index < -0.39 is 0 Å². The molecule has 1 aliphatic rings. The molecule has 0 bridgehead atoms. The quantitative estimate of drug-likeness (QED) is 0.663. The van der Waals surface area contributed by atoms with Gasteiger partial charge in [-0.05, 0) is 31.1 Å². The first-order valence-corrected chi connectivity index (χ1v) is 6.67. The third-order valence-corrected chi connectivity index (χ3v) is 4.18. The van der Waals surface area contributed by atoms with E-state index in [1.807, 2.05) is 0 Å². The molecule has 1 aliphatic carbocycles. The monoisotopic (exact) mass is 240 g/mol. The molecule has 0 saturated heterocycles. The van der Waals surface area contributed by atoms with E-state index in [4.69, 9.17) is 4.52 Å². The van der Waals surface area contributed by atoms with Crippen molar-refractivity contribution in [3.8, 4) is 0 Å². The van der Waals surface area contributed by atoms with Gasteiger partial charge in [-0.25, -0.2) is 0 Å². The fraction of sp³-hybridized carbons (Fsp3) is 0.714. The molecular weight excluding hydrogens is 215 g/mol. The number of allylic oxidation sites excluding steroid dienone is 3. The molecule has 0 aromatic heterocycles. The zero-order valence-electron chi connectivity index (χ0n) is 11.2. The van der Waals surface area contributed by atoms with Gasteiger partial charge in [-0.2, -0.15) is 0 Å². The third-order valence-electron chi connectivity index (χ3n) is 3.83. The van der Waals surface area contributed by atoms with Gasteiger partial charge in [0, 0.05) is 9.47 Å². The van der Waals surface area contributed by atoms with Gasteiger partial charge in [0.25, 0.3) is 0 Å². The zero-order chi connectivity index (χ0) is 12.3. The molecule has 92 valence electrons. The van der Waals surface area contributed by atoms with Crippen LogP contribution in [0.2, 0.25) is 0 Å². The lowest BCUT2D eigenvalue weighted by atomic mass is 9.78.